The predicted molar refractivity (Wildman–Crippen MR) is 145 cm³/mol. The molecule has 0 aliphatic carbocycles. The highest BCUT2D eigenvalue weighted by atomic mass is 19.4. The number of likely N-dealkylation sites (N-methyl/N-ethyl adjacent to an activating group) is 1. The van der Waals surface area contributed by atoms with E-state index in [9.17, 15) is 18.0 Å². The average molecular weight is 549 g/mol. The van der Waals surface area contributed by atoms with Crippen LogP contribution >= 0.6 is 0 Å². The van der Waals surface area contributed by atoms with E-state index in [1.54, 1.807) is 41.3 Å². The number of piperazine rings is 1. The summed E-state index contributed by atoms with van der Waals surface area (Å²) in [5.74, 6) is 6.22. The van der Waals surface area contributed by atoms with Crippen LogP contribution in [0.15, 0.2) is 61.3 Å². The number of pyridine rings is 1. The minimum Gasteiger partial charge on any atom is -0.308 e. The minimum atomic E-state index is -4.55. The molecule has 0 bridgehead atoms. The molecular weight excluding hydrogens is 521 g/mol. The third-order valence-corrected chi connectivity index (χ3v) is 6.63. The summed E-state index contributed by atoms with van der Waals surface area (Å²) in [5.41, 5.74) is 1.35. The van der Waals surface area contributed by atoms with Gasteiger partial charge in [-0.2, -0.15) is 13.2 Å². The summed E-state index contributed by atoms with van der Waals surface area (Å²) in [6.07, 6.45) is 3.56. The minimum absolute atomic E-state index is 0.0300. The molecule has 1 aliphatic rings. The second-order valence-corrected chi connectivity index (χ2v) is 9.29. The van der Waals surface area contributed by atoms with Crippen LogP contribution in [0.5, 0.6) is 0 Å². The molecule has 0 saturated carbocycles. The topological polar surface area (TPSA) is 90.7 Å². The molecule has 0 radical (unpaired) electrons. The van der Waals surface area contributed by atoms with Crippen molar-refractivity contribution >= 4 is 23.2 Å². The average Bonchev–Trinajstić information content (AvgIpc) is 3.36. The standard InChI is InChI=1S/C28H27F3N8O/c1-2-37-11-13-38(14-12-37)19-21-4-5-22(16-24(21)28(29,30)31)35-27(40)36-25-15-20(7-8-33-25)3-6-23-17-34-26-18-32-9-10-39(23)26/h4-5,7-10,15-18H,2,11-14,19H2,1H3,(H2,33,35,36,40). The van der Waals surface area contributed by atoms with E-state index >= 15 is 0 Å². The number of rotatable bonds is 5. The summed E-state index contributed by atoms with van der Waals surface area (Å²) in [6, 6.07) is 6.40. The van der Waals surface area contributed by atoms with E-state index in [1.807, 2.05) is 4.90 Å². The van der Waals surface area contributed by atoms with E-state index in [4.69, 9.17) is 0 Å². The van der Waals surface area contributed by atoms with Gasteiger partial charge in [0.25, 0.3) is 0 Å². The van der Waals surface area contributed by atoms with Crippen LogP contribution < -0.4 is 10.6 Å². The molecule has 206 valence electrons. The molecule has 1 fully saturated rings. The van der Waals surface area contributed by atoms with Crippen molar-refractivity contribution in [2.75, 3.05) is 43.4 Å². The first kappa shape index (κ1) is 27.1. The molecule has 1 aliphatic heterocycles. The number of carbonyl (C=O) groups excluding carboxylic acids is 1. The normalized spacial score (nSPS) is 14.5. The number of benzene rings is 1. The van der Waals surface area contributed by atoms with Gasteiger partial charge in [-0.25, -0.2) is 14.8 Å². The highest BCUT2D eigenvalue weighted by molar-refractivity contribution is 5.99. The lowest BCUT2D eigenvalue weighted by molar-refractivity contribution is -0.138. The van der Waals surface area contributed by atoms with Crippen molar-refractivity contribution in [3.63, 3.8) is 0 Å². The fraction of sp³-hybridized carbons (Fsp3) is 0.286. The predicted octanol–water partition coefficient (Wildman–Crippen LogP) is 4.32. The number of anilines is 2. The van der Waals surface area contributed by atoms with Gasteiger partial charge in [-0.3, -0.25) is 19.6 Å². The van der Waals surface area contributed by atoms with Gasteiger partial charge in [0.05, 0.1) is 18.0 Å². The van der Waals surface area contributed by atoms with Gasteiger partial charge in [0.2, 0.25) is 0 Å². The van der Waals surface area contributed by atoms with E-state index in [0.29, 0.717) is 30.0 Å². The molecule has 1 saturated heterocycles. The van der Waals surface area contributed by atoms with E-state index in [0.717, 1.165) is 25.7 Å². The highest BCUT2D eigenvalue weighted by Crippen LogP contribution is 2.34. The lowest BCUT2D eigenvalue weighted by Crippen LogP contribution is -2.45. The quantitative estimate of drug-likeness (QED) is 0.361. The van der Waals surface area contributed by atoms with Crippen molar-refractivity contribution in [2.45, 2.75) is 19.6 Å². The Balaban J connectivity index is 1.25. The van der Waals surface area contributed by atoms with E-state index in [2.05, 4.69) is 49.3 Å². The summed E-state index contributed by atoms with van der Waals surface area (Å²) in [5, 5.41) is 5.03. The number of hydrogen-bond donors (Lipinski definition) is 2. The number of aromatic nitrogens is 4. The Morgan fingerprint density at radius 1 is 0.975 bits per heavy atom. The number of nitrogens with one attached hydrogen (secondary N) is 2. The fourth-order valence-corrected chi connectivity index (χ4v) is 4.49. The van der Waals surface area contributed by atoms with Gasteiger partial charge in [0.15, 0.2) is 5.65 Å². The number of halogens is 3. The van der Waals surface area contributed by atoms with Crippen LogP contribution in [0.1, 0.15) is 29.3 Å². The van der Waals surface area contributed by atoms with E-state index < -0.39 is 17.8 Å². The Morgan fingerprint density at radius 3 is 2.55 bits per heavy atom. The van der Waals surface area contributed by atoms with Crippen LogP contribution in [0.3, 0.4) is 0 Å². The van der Waals surface area contributed by atoms with Crippen molar-refractivity contribution in [2.24, 2.45) is 0 Å². The maximum atomic E-state index is 13.9. The van der Waals surface area contributed by atoms with Crippen molar-refractivity contribution in [3.05, 3.63) is 83.7 Å². The Hall–Kier alpha value is -4.47. The fourth-order valence-electron chi connectivity index (χ4n) is 4.49. The molecule has 0 unspecified atom stereocenters. The molecule has 0 atom stereocenters. The smallest absolute Gasteiger partial charge is 0.308 e. The first-order valence-corrected chi connectivity index (χ1v) is 12.8. The maximum absolute atomic E-state index is 13.9. The van der Waals surface area contributed by atoms with Crippen molar-refractivity contribution in [1.29, 1.82) is 0 Å². The molecule has 4 heterocycles. The Labute approximate surface area is 229 Å². The molecule has 5 rings (SSSR count). The summed E-state index contributed by atoms with van der Waals surface area (Å²) < 4.78 is 43.5. The summed E-state index contributed by atoms with van der Waals surface area (Å²) in [6.45, 7) is 6.28. The summed E-state index contributed by atoms with van der Waals surface area (Å²) >= 11 is 0. The first-order valence-electron chi connectivity index (χ1n) is 12.8. The van der Waals surface area contributed by atoms with Gasteiger partial charge in [0.1, 0.15) is 11.5 Å². The van der Waals surface area contributed by atoms with Gasteiger partial charge in [-0.05, 0) is 42.3 Å². The second-order valence-electron chi connectivity index (χ2n) is 9.29. The lowest BCUT2D eigenvalue weighted by atomic mass is 10.0. The monoisotopic (exact) mass is 548 g/mol. The molecule has 1 aromatic carbocycles. The number of hydrogen-bond acceptors (Lipinski definition) is 6. The number of carbonyl (C=O) groups is 1. The number of imidazole rings is 1. The molecule has 9 nitrogen and oxygen atoms in total. The van der Waals surface area contributed by atoms with Gasteiger partial charge in [0, 0.05) is 62.6 Å². The van der Waals surface area contributed by atoms with Crippen LogP contribution in [0.2, 0.25) is 0 Å². The Bertz CT molecular complexity index is 1570. The third kappa shape index (κ3) is 6.56. The molecule has 2 amide bonds. The van der Waals surface area contributed by atoms with Gasteiger partial charge in [-0.1, -0.05) is 18.9 Å². The number of nitrogens with zero attached hydrogens (tertiary/aromatic N) is 6. The van der Waals surface area contributed by atoms with E-state index in [-0.39, 0.29) is 23.6 Å². The van der Waals surface area contributed by atoms with Crippen molar-refractivity contribution in [3.8, 4) is 11.8 Å². The van der Waals surface area contributed by atoms with Gasteiger partial charge >= 0.3 is 12.2 Å². The SMILES string of the molecule is CCN1CCN(Cc2ccc(NC(=O)Nc3cc(C#Cc4cnc5cnccn45)ccn3)cc2C(F)(F)F)CC1. The van der Waals surface area contributed by atoms with Crippen LogP contribution in [0.25, 0.3) is 5.65 Å². The lowest BCUT2D eigenvalue weighted by Gasteiger charge is -2.34. The van der Waals surface area contributed by atoms with Gasteiger partial charge < -0.3 is 10.2 Å². The number of amides is 2. The van der Waals surface area contributed by atoms with Crippen molar-refractivity contribution in [1.82, 2.24) is 29.2 Å². The summed E-state index contributed by atoms with van der Waals surface area (Å²) in [4.78, 5) is 29.2. The number of alkyl halides is 3. The van der Waals surface area contributed by atoms with Crippen LogP contribution in [-0.2, 0) is 12.7 Å². The molecule has 2 N–H and O–H groups in total. The third-order valence-electron chi connectivity index (χ3n) is 6.63. The van der Waals surface area contributed by atoms with Crippen LogP contribution in [0.4, 0.5) is 29.5 Å². The molecule has 0 spiro atoms. The van der Waals surface area contributed by atoms with E-state index in [1.165, 1.54) is 18.3 Å². The number of urea groups is 1. The zero-order valence-electron chi connectivity index (χ0n) is 21.7. The largest absolute Gasteiger partial charge is 0.416 e. The molecule has 12 heteroatoms. The molecular formula is C28H27F3N8O. The van der Waals surface area contributed by atoms with Gasteiger partial charge in [-0.15, -0.1) is 0 Å². The van der Waals surface area contributed by atoms with Crippen molar-refractivity contribution < 1.29 is 18.0 Å². The molecule has 3 aromatic heterocycles. The maximum Gasteiger partial charge on any atom is 0.416 e. The Morgan fingerprint density at radius 2 is 1.77 bits per heavy atom. The van der Waals surface area contributed by atoms with Crippen LogP contribution in [-0.4, -0.2) is 67.9 Å². The first-order chi connectivity index (χ1) is 19.3. The Kier molecular flexibility index (Phi) is 7.95. The van der Waals surface area contributed by atoms with Crippen LogP contribution in [0, 0.1) is 11.8 Å². The highest BCUT2D eigenvalue weighted by Gasteiger charge is 2.34. The zero-order valence-corrected chi connectivity index (χ0v) is 21.7. The molecule has 4 aromatic rings. The molecule has 40 heavy (non-hydrogen) atoms. The summed E-state index contributed by atoms with van der Waals surface area (Å²) in [7, 11) is 0. The second kappa shape index (κ2) is 11.7. The number of fused-ring (bicyclic) bond motifs is 1. The zero-order chi connectivity index (χ0) is 28.1.